The number of carbonyl (C=O) groups is 2. The van der Waals surface area contributed by atoms with E-state index in [1.807, 2.05) is 13.8 Å². The molecule has 0 aromatic heterocycles. The van der Waals surface area contributed by atoms with Gasteiger partial charge in [0.05, 0.1) is 6.04 Å². The van der Waals surface area contributed by atoms with Crippen molar-refractivity contribution in [3.63, 3.8) is 0 Å². The van der Waals surface area contributed by atoms with E-state index in [0.29, 0.717) is 11.3 Å². The molecule has 5 heteroatoms. The molecule has 1 atom stereocenters. The molecule has 0 radical (unpaired) electrons. The van der Waals surface area contributed by atoms with Crippen LogP contribution in [0.2, 0.25) is 0 Å². The molecule has 1 aliphatic rings. The molecule has 0 bridgehead atoms. The summed E-state index contributed by atoms with van der Waals surface area (Å²) in [6.07, 6.45) is 1.91. The zero-order valence-electron chi connectivity index (χ0n) is 11.9. The quantitative estimate of drug-likeness (QED) is 0.780. The van der Waals surface area contributed by atoms with Gasteiger partial charge in [-0.1, -0.05) is 0 Å². The standard InChI is InChI=1S/C15H21N3O2/c1-10(2)17-14(19)11-5-7-12(8-6-11)18-15(20)13-4-3-9-16-13/h5-8,10,13,16H,3-4,9H2,1-2H3,(H,17,19)(H,18,20). The monoisotopic (exact) mass is 275 g/mol. The minimum absolute atomic E-state index is 0.0121. The minimum atomic E-state index is -0.102. The van der Waals surface area contributed by atoms with Gasteiger partial charge < -0.3 is 16.0 Å². The van der Waals surface area contributed by atoms with E-state index in [-0.39, 0.29) is 23.9 Å². The van der Waals surface area contributed by atoms with Crippen LogP contribution in [-0.4, -0.2) is 30.4 Å². The van der Waals surface area contributed by atoms with Gasteiger partial charge in [0.15, 0.2) is 0 Å². The molecular weight excluding hydrogens is 254 g/mol. The first-order valence-corrected chi connectivity index (χ1v) is 7.01. The van der Waals surface area contributed by atoms with E-state index in [1.165, 1.54) is 0 Å². The third-order valence-electron chi connectivity index (χ3n) is 3.21. The molecule has 1 unspecified atom stereocenters. The predicted molar refractivity (Wildman–Crippen MR) is 78.7 cm³/mol. The Balaban J connectivity index is 1.94. The van der Waals surface area contributed by atoms with Crippen LogP contribution in [-0.2, 0) is 4.79 Å². The van der Waals surface area contributed by atoms with E-state index in [2.05, 4.69) is 16.0 Å². The van der Waals surface area contributed by atoms with Crippen LogP contribution in [0.25, 0.3) is 0 Å². The van der Waals surface area contributed by atoms with Crippen molar-refractivity contribution in [1.82, 2.24) is 10.6 Å². The van der Waals surface area contributed by atoms with Crippen LogP contribution in [0.1, 0.15) is 37.0 Å². The smallest absolute Gasteiger partial charge is 0.251 e. The minimum Gasteiger partial charge on any atom is -0.350 e. The van der Waals surface area contributed by atoms with Crippen molar-refractivity contribution in [1.29, 1.82) is 0 Å². The Morgan fingerprint density at radius 1 is 1.25 bits per heavy atom. The molecule has 2 rings (SSSR count). The fourth-order valence-electron chi connectivity index (χ4n) is 2.19. The largest absolute Gasteiger partial charge is 0.350 e. The average molecular weight is 275 g/mol. The van der Waals surface area contributed by atoms with E-state index in [9.17, 15) is 9.59 Å². The Morgan fingerprint density at radius 2 is 1.95 bits per heavy atom. The first kappa shape index (κ1) is 14.5. The van der Waals surface area contributed by atoms with E-state index in [4.69, 9.17) is 0 Å². The number of hydrogen-bond acceptors (Lipinski definition) is 3. The summed E-state index contributed by atoms with van der Waals surface area (Å²) in [6, 6.07) is 6.95. The van der Waals surface area contributed by atoms with Crippen molar-refractivity contribution in [2.45, 2.75) is 38.8 Å². The number of benzene rings is 1. The Hall–Kier alpha value is -1.88. The molecule has 5 nitrogen and oxygen atoms in total. The van der Waals surface area contributed by atoms with Gasteiger partial charge in [-0.05, 0) is 57.5 Å². The molecule has 1 aliphatic heterocycles. The first-order chi connectivity index (χ1) is 9.56. The van der Waals surface area contributed by atoms with Crippen molar-refractivity contribution in [3.8, 4) is 0 Å². The maximum Gasteiger partial charge on any atom is 0.251 e. The van der Waals surface area contributed by atoms with Gasteiger partial charge in [0.1, 0.15) is 0 Å². The van der Waals surface area contributed by atoms with Gasteiger partial charge in [0.25, 0.3) is 5.91 Å². The molecule has 1 fully saturated rings. The summed E-state index contributed by atoms with van der Waals surface area (Å²) in [4.78, 5) is 23.7. The summed E-state index contributed by atoms with van der Waals surface area (Å²) < 4.78 is 0. The predicted octanol–water partition coefficient (Wildman–Crippen LogP) is 1.52. The lowest BCUT2D eigenvalue weighted by atomic mass is 10.1. The molecule has 0 saturated carbocycles. The lowest BCUT2D eigenvalue weighted by molar-refractivity contribution is -0.117. The maximum absolute atomic E-state index is 11.9. The second-order valence-electron chi connectivity index (χ2n) is 5.34. The zero-order chi connectivity index (χ0) is 14.5. The molecule has 1 saturated heterocycles. The van der Waals surface area contributed by atoms with Crippen molar-refractivity contribution in [2.24, 2.45) is 0 Å². The second-order valence-corrected chi connectivity index (χ2v) is 5.34. The molecule has 1 heterocycles. The SMILES string of the molecule is CC(C)NC(=O)c1ccc(NC(=O)C2CCCN2)cc1. The Kier molecular flexibility index (Phi) is 4.74. The molecule has 2 amide bonds. The Bertz CT molecular complexity index is 476. The van der Waals surface area contributed by atoms with Crippen molar-refractivity contribution >= 4 is 17.5 Å². The lowest BCUT2D eigenvalue weighted by Crippen LogP contribution is -2.35. The van der Waals surface area contributed by atoms with E-state index in [0.717, 1.165) is 19.4 Å². The van der Waals surface area contributed by atoms with Crippen LogP contribution in [0, 0.1) is 0 Å². The average Bonchev–Trinajstić information content (AvgIpc) is 2.92. The molecule has 0 aliphatic carbocycles. The summed E-state index contributed by atoms with van der Waals surface area (Å²) in [7, 11) is 0. The topological polar surface area (TPSA) is 70.2 Å². The number of amides is 2. The van der Waals surface area contributed by atoms with Gasteiger partial charge in [0, 0.05) is 17.3 Å². The van der Waals surface area contributed by atoms with Crippen molar-refractivity contribution in [2.75, 3.05) is 11.9 Å². The van der Waals surface area contributed by atoms with Gasteiger partial charge in [-0.25, -0.2) is 0 Å². The summed E-state index contributed by atoms with van der Waals surface area (Å²) in [5, 5.41) is 8.84. The van der Waals surface area contributed by atoms with Crippen LogP contribution < -0.4 is 16.0 Å². The third kappa shape index (κ3) is 3.81. The van der Waals surface area contributed by atoms with Crippen molar-refractivity contribution < 1.29 is 9.59 Å². The maximum atomic E-state index is 11.9. The highest BCUT2D eigenvalue weighted by Crippen LogP contribution is 2.12. The van der Waals surface area contributed by atoms with Gasteiger partial charge in [-0.2, -0.15) is 0 Å². The number of nitrogens with one attached hydrogen (secondary N) is 3. The van der Waals surface area contributed by atoms with Gasteiger partial charge >= 0.3 is 0 Å². The van der Waals surface area contributed by atoms with Gasteiger partial charge in [-0.15, -0.1) is 0 Å². The summed E-state index contributed by atoms with van der Waals surface area (Å²) in [5.74, 6) is -0.114. The Morgan fingerprint density at radius 3 is 2.50 bits per heavy atom. The second kappa shape index (κ2) is 6.52. The summed E-state index contributed by atoms with van der Waals surface area (Å²) >= 11 is 0. The third-order valence-corrected chi connectivity index (χ3v) is 3.21. The fraction of sp³-hybridized carbons (Fsp3) is 0.467. The summed E-state index contributed by atoms with van der Waals surface area (Å²) in [5.41, 5.74) is 1.31. The number of anilines is 1. The highest BCUT2D eigenvalue weighted by atomic mass is 16.2. The van der Waals surface area contributed by atoms with E-state index < -0.39 is 0 Å². The van der Waals surface area contributed by atoms with Gasteiger partial charge in [-0.3, -0.25) is 9.59 Å². The lowest BCUT2D eigenvalue weighted by Gasteiger charge is -2.12. The number of carbonyl (C=O) groups excluding carboxylic acids is 2. The van der Waals surface area contributed by atoms with Crippen LogP contribution >= 0.6 is 0 Å². The van der Waals surface area contributed by atoms with Crippen LogP contribution in [0.15, 0.2) is 24.3 Å². The van der Waals surface area contributed by atoms with Crippen LogP contribution in [0.4, 0.5) is 5.69 Å². The molecule has 3 N–H and O–H groups in total. The molecule has 108 valence electrons. The molecule has 0 spiro atoms. The highest BCUT2D eigenvalue weighted by Gasteiger charge is 2.21. The van der Waals surface area contributed by atoms with Crippen LogP contribution in [0.3, 0.4) is 0 Å². The molecular formula is C15H21N3O2. The number of hydrogen-bond donors (Lipinski definition) is 3. The Labute approximate surface area is 119 Å². The van der Waals surface area contributed by atoms with Crippen molar-refractivity contribution in [3.05, 3.63) is 29.8 Å². The number of rotatable bonds is 4. The summed E-state index contributed by atoms with van der Waals surface area (Å²) in [6.45, 7) is 4.73. The highest BCUT2D eigenvalue weighted by molar-refractivity contribution is 5.97. The van der Waals surface area contributed by atoms with Crippen LogP contribution in [0.5, 0.6) is 0 Å². The van der Waals surface area contributed by atoms with Gasteiger partial charge in [0.2, 0.25) is 5.91 Å². The first-order valence-electron chi connectivity index (χ1n) is 7.01. The molecule has 1 aromatic rings. The molecule has 1 aromatic carbocycles. The van der Waals surface area contributed by atoms with E-state index in [1.54, 1.807) is 24.3 Å². The normalized spacial score (nSPS) is 18.1. The zero-order valence-corrected chi connectivity index (χ0v) is 11.9. The van der Waals surface area contributed by atoms with E-state index >= 15 is 0 Å². The molecule has 20 heavy (non-hydrogen) atoms. The fourth-order valence-corrected chi connectivity index (χ4v) is 2.19.